The number of pyridine rings is 1. The van der Waals surface area contributed by atoms with E-state index in [0.29, 0.717) is 0 Å². The molecule has 1 aromatic rings. The molecular weight excluding hydrogens is 250 g/mol. The Bertz CT molecular complexity index is 452. The number of rotatable bonds is 2. The van der Waals surface area contributed by atoms with E-state index in [2.05, 4.69) is 11.1 Å². The number of aryl methyl sites for hydroxylation is 1. The van der Waals surface area contributed by atoms with Crippen molar-refractivity contribution in [3.63, 3.8) is 0 Å². The second-order valence-electron chi connectivity index (χ2n) is 6.51. The van der Waals surface area contributed by atoms with Crippen molar-refractivity contribution in [2.45, 2.75) is 75.4 Å². The Morgan fingerprint density at radius 3 is 2.65 bits per heavy atom. The van der Waals surface area contributed by atoms with E-state index in [1.807, 2.05) is 6.07 Å². The van der Waals surface area contributed by atoms with E-state index in [9.17, 15) is 10.2 Å². The van der Waals surface area contributed by atoms with Gasteiger partial charge in [0.2, 0.25) is 0 Å². The molecule has 1 heterocycles. The third-order valence-electron chi connectivity index (χ3n) is 5.14. The third-order valence-corrected chi connectivity index (χ3v) is 5.14. The number of fused-ring (bicyclic) bond motifs is 1. The van der Waals surface area contributed by atoms with Gasteiger partial charge in [-0.15, -0.1) is 0 Å². The van der Waals surface area contributed by atoms with Gasteiger partial charge in [0.05, 0.1) is 11.7 Å². The van der Waals surface area contributed by atoms with Crippen LogP contribution in [0.25, 0.3) is 0 Å². The number of hydrogen-bond donors (Lipinski definition) is 2. The van der Waals surface area contributed by atoms with Crippen molar-refractivity contribution < 1.29 is 10.2 Å². The SMILES string of the molecule is OC(C1CCCc2cccnc21)C1(O)CCCCCC1. The van der Waals surface area contributed by atoms with Crippen LogP contribution in [0.4, 0.5) is 0 Å². The van der Waals surface area contributed by atoms with E-state index in [-0.39, 0.29) is 5.92 Å². The summed E-state index contributed by atoms with van der Waals surface area (Å²) in [6.07, 6.45) is 10.1. The molecule has 2 N–H and O–H groups in total. The van der Waals surface area contributed by atoms with Crippen LogP contribution in [0.5, 0.6) is 0 Å². The molecule has 1 aromatic heterocycles. The van der Waals surface area contributed by atoms with Crippen molar-refractivity contribution in [1.82, 2.24) is 4.98 Å². The van der Waals surface area contributed by atoms with Gasteiger partial charge >= 0.3 is 0 Å². The zero-order valence-corrected chi connectivity index (χ0v) is 12.1. The van der Waals surface area contributed by atoms with Gasteiger partial charge < -0.3 is 10.2 Å². The van der Waals surface area contributed by atoms with Gasteiger partial charge in [-0.2, -0.15) is 0 Å². The quantitative estimate of drug-likeness (QED) is 0.816. The van der Waals surface area contributed by atoms with Gasteiger partial charge in [-0.25, -0.2) is 0 Å². The highest BCUT2D eigenvalue weighted by molar-refractivity contribution is 5.27. The predicted octanol–water partition coefficient (Wildman–Crippen LogP) is 2.95. The molecule has 3 rings (SSSR count). The van der Waals surface area contributed by atoms with E-state index < -0.39 is 11.7 Å². The molecule has 0 bridgehead atoms. The maximum absolute atomic E-state index is 10.9. The zero-order valence-electron chi connectivity index (χ0n) is 12.1. The van der Waals surface area contributed by atoms with Crippen molar-refractivity contribution >= 4 is 0 Å². The summed E-state index contributed by atoms with van der Waals surface area (Å²) in [6, 6.07) is 4.08. The molecule has 0 aliphatic heterocycles. The molecule has 1 saturated carbocycles. The summed E-state index contributed by atoms with van der Waals surface area (Å²) in [4.78, 5) is 4.50. The molecule has 2 aliphatic rings. The van der Waals surface area contributed by atoms with Crippen molar-refractivity contribution in [1.29, 1.82) is 0 Å². The maximum Gasteiger partial charge on any atom is 0.0912 e. The van der Waals surface area contributed by atoms with Crippen LogP contribution in [0.3, 0.4) is 0 Å². The molecule has 2 aliphatic carbocycles. The second-order valence-corrected chi connectivity index (χ2v) is 6.51. The number of nitrogens with zero attached hydrogens (tertiary/aromatic N) is 1. The van der Waals surface area contributed by atoms with E-state index >= 15 is 0 Å². The number of aliphatic hydroxyl groups excluding tert-OH is 1. The third kappa shape index (κ3) is 2.61. The second kappa shape index (κ2) is 5.82. The van der Waals surface area contributed by atoms with Crippen LogP contribution in [0.2, 0.25) is 0 Å². The molecule has 2 atom stereocenters. The molecule has 1 fully saturated rings. The lowest BCUT2D eigenvalue weighted by molar-refractivity contribution is -0.0979. The lowest BCUT2D eigenvalue weighted by atomic mass is 9.74. The van der Waals surface area contributed by atoms with Crippen LogP contribution in [-0.2, 0) is 6.42 Å². The van der Waals surface area contributed by atoms with E-state index in [1.54, 1.807) is 6.20 Å². The fraction of sp³-hybridized carbons (Fsp3) is 0.706. The van der Waals surface area contributed by atoms with Gasteiger partial charge in [0, 0.05) is 17.8 Å². The predicted molar refractivity (Wildman–Crippen MR) is 78.6 cm³/mol. The molecule has 3 nitrogen and oxygen atoms in total. The smallest absolute Gasteiger partial charge is 0.0912 e. The van der Waals surface area contributed by atoms with Crippen LogP contribution in [0.15, 0.2) is 18.3 Å². The van der Waals surface area contributed by atoms with Crippen LogP contribution in [0.1, 0.15) is 68.5 Å². The Hall–Kier alpha value is -0.930. The normalized spacial score (nSPS) is 27.4. The molecule has 0 spiro atoms. The minimum Gasteiger partial charge on any atom is -0.389 e. The highest BCUT2D eigenvalue weighted by Crippen LogP contribution is 2.40. The summed E-state index contributed by atoms with van der Waals surface area (Å²) in [6.45, 7) is 0. The molecule has 0 amide bonds. The van der Waals surface area contributed by atoms with Crippen molar-refractivity contribution in [2.24, 2.45) is 0 Å². The Kier molecular flexibility index (Phi) is 4.08. The zero-order chi connectivity index (χ0) is 14.0. The molecule has 110 valence electrons. The Morgan fingerprint density at radius 1 is 1.15 bits per heavy atom. The highest BCUT2D eigenvalue weighted by atomic mass is 16.3. The van der Waals surface area contributed by atoms with Gasteiger partial charge in [-0.3, -0.25) is 4.98 Å². The number of hydrogen-bond acceptors (Lipinski definition) is 3. The van der Waals surface area contributed by atoms with Gasteiger partial charge in [-0.1, -0.05) is 31.7 Å². The average Bonchev–Trinajstić information content (AvgIpc) is 2.72. The monoisotopic (exact) mass is 275 g/mol. The first-order valence-electron chi connectivity index (χ1n) is 8.05. The first-order valence-corrected chi connectivity index (χ1v) is 8.05. The molecule has 2 unspecified atom stereocenters. The minimum absolute atomic E-state index is 0.00282. The van der Waals surface area contributed by atoms with Gasteiger partial charge in [0.15, 0.2) is 0 Å². The summed E-state index contributed by atoms with van der Waals surface area (Å²) >= 11 is 0. The van der Waals surface area contributed by atoms with Crippen LogP contribution in [0, 0.1) is 0 Å². The van der Waals surface area contributed by atoms with E-state index in [0.717, 1.165) is 50.6 Å². The maximum atomic E-state index is 10.9. The summed E-state index contributed by atoms with van der Waals surface area (Å²) in [5.41, 5.74) is 1.36. The topological polar surface area (TPSA) is 53.4 Å². The van der Waals surface area contributed by atoms with Gasteiger partial charge in [0.25, 0.3) is 0 Å². The van der Waals surface area contributed by atoms with Crippen molar-refractivity contribution in [3.8, 4) is 0 Å². The fourth-order valence-corrected chi connectivity index (χ4v) is 3.96. The fourth-order valence-electron chi connectivity index (χ4n) is 3.96. The molecular formula is C17H25NO2. The average molecular weight is 275 g/mol. The Labute approximate surface area is 121 Å². The van der Waals surface area contributed by atoms with E-state index in [4.69, 9.17) is 0 Å². The summed E-state index contributed by atoms with van der Waals surface area (Å²) in [5, 5.41) is 21.8. The number of aliphatic hydroxyl groups is 2. The Balaban J connectivity index is 1.85. The van der Waals surface area contributed by atoms with Crippen LogP contribution < -0.4 is 0 Å². The Morgan fingerprint density at radius 2 is 1.90 bits per heavy atom. The summed E-state index contributed by atoms with van der Waals surface area (Å²) in [5.74, 6) is 0.00282. The molecule has 0 aromatic carbocycles. The lowest BCUT2D eigenvalue weighted by Gasteiger charge is -2.38. The lowest BCUT2D eigenvalue weighted by Crippen LogP contribution is -2.46. The van der Waals surface area contributed by atoms with Gasteiger partial charge in [0.1, 0.15) is 0 Å². The van der Waals surface area contributed by atoms with Crippen LogP contribution in [-0.4, -0.2) is 26.9 Å². The van der Waals surface area contributed by atoms with Gasteiger partial charge in [-0.05, 0) is 43.7 Å². The molecule has 0 radical (unpaired) electrons. The summed E-state index contributed by atoms with van der Waals surface area (Å²) in [7, 11) is 0. The first kappa shape index (κ1) is 14.0. The molecule has 3 heteroatoms. The molecule has 0 saturated heterocycles. The number of aromatic nitrogens is 1. The van der Waals surface area contributed by atoms with E-state index in [1.165, 1.54) is 18.4 Å². The largest absolute Gasteiger partial charge is 0.389 e. The van der Waals surface area contributed by atoms with Crippen molar-refractivity contribution in [2.75, 3.05) is 0 Å². The highest BCUT2D eigenvalue weighted by Gasteiger charge is 2.42. The standard InChI is InChI=1S/C17H25NO2/c19-16(17(20)10-3-1-2-4-11-17)14-9-5-7-13-8-6-12-18-15(13)14/h6,8,12,14,16,19-20H,1-5,7,9-11H2. The minimum atomic E-state index is -0.909. The van der Waals surface area contributed by atoms with Crippen molar-refractivity contribution in [3.05, 3.63) is 29.6 Å². The van der Waals surface area contributed by atoms with Crippen LogP contribution >= 0.6 is 0 Å². The molecule has 20 heavy (non-hydrogen) atoms. The summed E-state index contributed by atoms with van der Waals surface area (Å²) < 4.78 is 0. The first-order chi connectivity index (χ1) is 9.71.